The Morgan fingerprint density at radius 2 is 1.17 bits per heavy atom. The van der Waals surface area contributed by atoms with E-state index in [1.54, 1.807) is 0 Å². The summed E-state index contributed by atoms with van der Waals surface area (Å²) in [7, 11) is 0. The van der Waals surface area contributed by atoms with Crippen LogP contribution in [0.2, 0.25) is 0 Å². The van der Waals surface area contributed by atoms with Gasteiger partial charge in [0.1, 0.15) is 6.29 Å². The molecule has 3 heteroatoms. The Balaban J connectivity index is 1.87. The normalized spacial score (nSPS) is 12.2. The minimum absolute atomic E-state index is 0.664. The maximum Gasteiger partial charge on any atom is 0.150 e. The maximum atomic E-state index is 11.1. The number of nitrogens with one attached hydrogen (secondary N) is 2. The first-order valence-electron chi connectivity index (χ1n) is 7.92. The number of benzene rings is 4. The van der Waals surface area contributed by atoms with Gasteiger partial charge in [-0.1, -0.05) is 48.5 Å². The molecular formula is C21H14N2O. The second-order valence-corrected chi connectivity index (χ2v) is 6.01. The van der Waals surface area contributed by atoms with Crippen molar-refractivity contribution < 1.29 is 4.79 Å². The Morgan fingerprint density at radius 1 is 0.625 bits per heavy atom. The van der Waals surface area contributed by atoms with Gasteiger partial charge in [0, 0.05) is 16.3 Å². The summed E-state index contributed by atoms with van der Waals surface area (Å²) in [6.07, 6.45) is 0.871. The lowest BCUT2D eigenvalue weighted by atomic mass is 9.96. The quantitative estimate of drug-likeness (QED) is 0.312. The number of hydrogen-bond acceptors (Lipinski definition) is 3. The molecule has 3 nitrogen and oxygen atoms in total. The highest BCUT2D eigenvalue weighted by Crippen LogP contribution is 2.47. The lowest BCUT2D eigenvalue weighted by Crippen LogP contribution is -2.08. The molecule has 0 amide bonds. The highest BCUT2D eigenvalue weighted by Gasteiger charge is 2.20. The molecule has 0 bridgehead atoms. The van der Waals surface area contributed by atoms with Crippen LogP contribution < -0.4 is 10.6 Å². The second kappa shape index (κ2) is 4.83. The van der Waals surface area contributed by atoms with E-state index in [4.69, 9.17) is 0 Å². The van der Waals surface area contributed by atoms with Crippen molar-refractivity contribution in [1.82, 2.24) is 0 Å². The number of anilines is 4. The zero-order valence-corrected chi connectivity index (χ0v) is 12.8. The Labute approximate surface area is 138 Å². The molecule has 0 aromatic heterocycles. The summed E-state index contributed by atoms with van der Waals surface area (Å²) in [6, 6.07) is 22.5. The van der Waals surface area contributed by atoms with Gasteiger partial charge in [-0.2, -0.15) is 0 Å². The predicted molar refractivity (Wildman–Crippen MR) is 99.8 cm³/mol. The number of rotatable bonds is 1. The van der Waals surface area contributed by atoms with Crippen molar-refractivity contribution in [3.05, 3.63) is 72.3 Å². The zero-order chi connectivity index (χ0) is 16.1. The molecule has 0 spiro atoms. The van der Waals surface area contributed by atoms with Crippen molar-refractivity contribution in [2.75, 3.05) is 10.6 Å². The fourth-order valence-electron chi connectivity index (χ4n) is 3.52. The lowest BCUT2D eigenvalue weighted by Gasteiger charge is -2.26. The minimum atomic E-state index is 0.664. The van der Waals surface area contributed by atoms with E-state index in [-0.39, 0.29) is 0 Å². The maximum absolute atomic E-state index is 11.1. The van der Waals surface area contributed by atoms with Crippen LogP contribution in [-0.2, 0) is 0 Å². The summed E-state index contributed by atoms with van der Waals surface area (Å²) in [5.74, 6) is 0. The van der Waals surface area contributed by atoms with E-state index in [0.29, 0.717) is 5.56 Å². The molecule has 0 aliphatic carbocycles. The highest BCUT2D eigenvalue weighted by atomic mass is 16.1. The Bertz CT molecular complexity index is 1130. The Morgan fingerprint density at radius 3 is 1.75 bits per heavy atom. The van der Waals surface area contributed by atoms with Crippen LogP contribution in [0.4, 0.5) is 22.7 Å². The summed E-state index contributed by atoms with van der Waals surface area (Å²) in [4.78, 5) is 11.1. The number of carbonyl (C=O) groups excluding carboxylic acids is 1. The number of hydrogen-bond donors (Lipinski definition) is 2. The van der Waals surface area contributed by atoms with Gasteiger partial charge in [0.15, 0.2) is 0 Å². The Hall–Kier alpha value is -3.33. The van der Waals surface area contributed by atoms with Crippen LogP contribution in [0.3, 0.4) is 0 Å². The van der Waals surface area contributed by atoms with Crippen LogP contribution >= 0.6 is 0 Å². The molecule has 2 N–H and O–H groups in total. The average molecular weight is 310 g/mol. The SMILES string of the molecule is O=Cc1ccc2c(c1)Nc1c(c3ccccc3c3ccccc13)N2. The standard InChI is InChI=1S/C21H14N2O/c24-12-13-9-10-18-19(11-13)23-21-17-8-4-2-6-15(17)14-5-1-3-7-16(14)20(21)22-18/h1-12,22-23H. The van der Waals surface area contributed by atoms with Crippen molar-refractivity contribution in [2.45, 2.75) is 0 Å². The van der Waals surface area contributed by atoms with Gasteiger partial charge < -0.3 is 10.6 Å². The molecule has 24 heavy (non-hydrogen) atoms. The van der Waals surface area contributed by atoms with E-state index < -0.39 is 0 Å². The Kier molecular flexibility index (Phi) is 2.65. The molecule has 0 radical (unpaired) electrons. The van der Waals surface area contributed by atoms with E-state index in [9.17, 15) is 4.79 Å². The average Bonchev–Trinajstić information content (AvgIpc) is 2.66. The molecule has 1 heterocycles. The topological polar surface area (TPSA) is 41.1 Å². The summed E-state index contributed by atoms with van der Waals surface area (Å²) in [5.41, 5.74) is 4.70. The molecule has 1 aliphatic rings. The van der Waals surface area contributed by atoms with E-state index in [0.717, 1.165) is 29.0 Å². The highest BCUT2D eigenvalue weighted by molar-refractivity contribution is 6.22. The minimum Gasteiger partial charge on any atom is -0.352 e. The van der Waals surface area contributed by atoms with Crippen molar-refractivity contribution >= 4 is 50.6 Å². The van der Waals surface area contributed by atoms with Gasteiger partial charge in [0.05, 0.1) is 22.7 Å². The van der Waals surface area contributed by atoms with Gasteiger partial charge >= 0.3 is 0 Å². The first-order chi connectivity index (χ1) is 11.8. The van der Waals surface area contributed by atoms with Crippen molar-refractivity contribution in [1.29, 1.82) is 0 Å². The van der Waals surface area contributed by atoms with Crippen LogP contribution in [-0.4, -0.2) is 6.29 Å². The fourth-order valence-corrected chi connectivity index (χ4v) is 3.52. The fraction of sp³-hybridized carbons (Fsp3) is 0. The molecule has 114 valence electrons. The van der Waals surface area contributed by atoms with Crippen molar-refractivity contribution in [3.63, 3.8) is 0 Å². The molecule has 4 aromatic rings. The van der Waals surface area contributed by atoms with Crippen LogP contribution in [0.1, 0.15) is 10.4 Å². The largest absolute Gasteiger partial charge is 0.352 e. The van der Waals surface area contributed by atoms with Gasteiger partial charge in [0.2, 0.25) is 0 Å². The molecule has 0 fully saturated rings. The number of fused-ring (bicyclic) bond motifs is 7. The molecule has 1 aliphatic heterocycles. The summed E-state index contributed by atoms with van der Waals surface area (Å²) >= 11 is 0. The summed E-state index contributed by atoms with van der Waals surface area (Å²) in [5, 5.41) is 11.9. The first-order valence-corrected chi connectivity index (χ1v) is 7.92. The molecule has 0 saturated carbocycles. The van der Waals surface area contributed by atoms with Gasteiger partial charge in [-0.15, -0.1) is 0 Å². The van der Waals surface area contributed by atoms with E-state index in [1.165, 1.54) is 21.5 Å². The van der Waals surface area contributed by atoms with Crippen LogP contribution in [0.5, 0.6) is 0 Å². The smallest absolute Gasteiger partial charge is 0.150 e. The monoisotopic (exact) mass is 310 g/mol. The zero-order valence-electron chi connectivity index (χ0n) is 12.8. The predicted octanol–water partition coefficient (Wildman–Crippen LogP) is 5.61. The first kappa shape index (κ1) is 13.1. The third-order valence-electron chi connectivity index (χ3n) is 4.63. The van der Waals surface area contributed by atoms with Crippen LogP contribution in [0.25, 0.3) is 21.5 Å². The van der Waals surface area contributed by atoms with Crippen LogP contribution in [0, 0.1) is 0 Å². The number of aldehydes is 1. The summed E-state index contributed by atoms with van der Waals surface area (Å²) < 4.78 is 0. The molecule has 0 saturated heterocycles. The molecule has 0 atom stereocenters. The lowest BCUT2D eigenvalue weighted by molar-refractivity contribution is 0.112. The second-order valence-electron chi connectivity index (χ2n) is 6.01. The molecular weight excluding hydrogens is 296 g/mol. The van der Waals surface area contributed by atoms with Gasteiger partial charge in [-0.3, -0.25) is 4.79 Å². The van der Waals surface area contributed by atoms with Gasteiger partial charge in [-0.25, -0.2) is 0 Å². The van der Waals surface area contributed by atoms with E-state index >= 15 is 0 Å². The van der Waals surface area contributed by atoms with Gasteiger partial charge in [-0.05, 0) is 29.0 Å². The van der Waals surface area contributed by atoms with E-state index in [1.807, 2.05) is 18.2 Å². The summed E-state index contributed by atoms with van der Waals surface area (Å²) in [6.45, 7) is 0. The molecule has 4 aromatic carbocycles. The van der Waals surface area contributed by atoms with Crippen molar-refractivity contribution in [3.8, 4) is 0 Å². The van der Waals surface area contributed by atoms with Crippen LogP contribution in [0.15, 0.2) is 66.7 Å². The number of carbonyl (C=O) groups is 1. The van der Waals surface area contributed by atoms with Crippen molar-refractivity contribution in [2.24, 2.45) is 0 Å². The third-order valence-corrected chi connectivity index (χ3v) is 4.63. The molecule has 0 unspecified atom stereocenters. The van der Waals surface area contributed by atoms with Gasteiger partial charge in [0.25, 0.3) is 0 Å². The molecule has 5 rings (SSSR count). The van der Waals surface area contributed by atoms with E-state index in [2.05, 4.69) is 59.2 Å². The third kappa shape index (κ3) is 1.75.